The zero-order chi connectivity index (χ0) is 14.4. The van der Waals surface area contributed by atoms with Crippen LogP contribution in [0.1, 0.15) is 51.2 Å². The van der Waals surface area contributed by atoms with E-state index in [1.165, 1.54) is 24.8 Å². The zero-order valence-corrected chi connectivity index (χ0v) is 12.9. The number of rotatable bonds is 4. The molecule has 2 heteroatoms. The predicted octanol–water partition coefficient (Wildman–Crippen LogP) is 3.48. The van der Waals surface area contributed by atoms with Gasteiger partial charge in [-0.15, -0.1) is 0 Å². The van der Waals surface area contributed by atoms with Crippen LogP contribution in [0.4, 0.5) is 0 Å². The van der Waals surface area contributed by atoms with Crippen LogP contribution in [-0.4, -0.2) is 11.1 Å². The van der Waals surface area contributed by atoms with Crippen LogP contribution < -0.4 is 5.32 Å². The Labute approximate surface area is 122 Å². The van der Waals surface area contributed by atoms with E-state index in [0.717, 1.165) is 18.0 Å². The Morgan fingerprint density at radius 2 is 2.00 bits per heavy atom. The van der Waals surface area contributed by atoms with Crippen LogP contribution in [0.15, 0.2) is 24.3 Å². The van der Waals surface area contributed by atoms with Gasteiger partial charge in [-0.05, 0) is 47.1 Å². The molecule has 1 aromatic carbocycles. The largest absolute Gasteiger partial charge is 0.392 e. The van der Waals surface area contributed by atoms with Crippen molar-refractivity contribution in [1.82, 2.24) is 5.32 Å². The Hall–Kier alpha value is -0.860. The average molecular weight is 273 g/mol. The summed E-state index contributed by atoms with van der Waals surface area (Å²) >= 11 is 0. The van der Waals surface area contributed by atoms with Crippen molar-refractivity contribution in [2.45, 2.75) is 59.2 Å². The van der Waals surface area contributed by atoms with Crippen molar-refractivity contribution in [3.63, 3.8) is 0 Å². The van der Waals surface area contributed by atoms with E-state index >= 15 is 0 Å². The zero-order valence-electron chi connectivity index (χ0n) is 12.9. The summed E-state index contributed by atoms with van der Waals surface area (Å²) in [6.07, 6.45) is 4.16. The Bertz CT molecular complexity index is 491. The number of hydrogen-bond donors (Lipinski definition) is 2. The molecular weight excluding hydrogens is 246 g/mol. The lowest BCUT2D eigenvalue weighted by Crippen LogP contribution is -2.49. The molecule has 1 aromatic rings. The van der Waals surface area contributed by atoms with Gasteiger partial charge in [-0.25, -0.2) is 0 Å². The first-order chi connectivity index (χ1) is 9.45. The molecule has 2 bridgehead atoms. The first-order valence-electron chi connectivity index (χ1n) is 7.88. The minimum Gasteiger partial charge on any atom is -0.392 e. The van der Waals surface area contributed by atoms with Gasteiger partial charge in [0.05, 0.1) is 6.61 Å². The number of hydrogen-bond acceptors (Lipinski definition) is 2. The van der Waals surface area contributed by atoms with Gasteiger partial charge in [0.1, 0.15) is 0 Å². The monoisotopic (exact) mass is 273 g/mol. The Kier molecular flexibility index (Phi) is 3.42. The van der Waals surface area contributed by atoms with Gasteiger partial charge in [-0.2, -0.15) is 0 Å². The molecule has 2 nitrogen and oxygen atoms in total. The summed E-state index contributed by atoms with van der Waals surface area (Å²) in [5.74, 6) is 0.883. The maximum absolute atomic E-state index is 9.23. The van der Waals surface area contributed by atoms with Crippen molar-refractivity contribution >= 4 is 0 Å². The van der Waals surface area contributed by atoms with Gasteiger partial charge >= 0.3 is 0 Å². The molecule has 20 heavy (non-hydrogen) atoms. The van der Waals surface area contributed by atoms with E-state index in [1.807, 2.05) is 12.1 Å². The lowest BCUT2D eigenvalue weighted by atomic mass is 9.68. The highest BCUT2D eigenvalue weighted by molar-refractivity contribution is 5.23. The molecule has 0 aromatic heterocycles. The lowest BCUT2D eigenvalue weighted by Gasteiger charge is -2.43. The molecule has 2 aliphatic rings. The predicted molar refractivity (Wildman–Crippen MR) is 82.2 cm³/mol. The molecule has 110 valence electrons. The fourth-order valence-electron chi connectivity index (χ4n) is 4.87. The first-order valence-corrected chi connectivity index (χ1v) is 7.88. The molecule has 2 fully saturated rings. The van der Waals surface area contributed by atoms with Crippen LogP contribution in [0.25, 0.3) is 0 Å². The highest BCUT2D eigenvalue weighted by Crippen LogP contribution is 2.62. The fraction of sp³-hybridized carbons (Fsp3) is 0.667. The van der Waals surface area contributed by atoms with Gasteiger partial charge in [0.25, 0.3) is 0 Å². The Morgan fingerprint density at radius 1 is 1.25 bits per heavy atom. The van der Waals surface area contributed by atoms with E-state index in [4.69, 9.17) is 0 Å². The molecule has 3 rings (SSSR count). The first kappa shape index (κ1) is 14.1. The topological polar surface area (TPSA) is 32.3 Å². The maximum Gasteiger partial charge on any atom is 0.0681 e. The van der Waals surface area contributed by atoms with Gasteiger partial charge in [-0.1, -0.05) is 45.0 Å². The molecule has 2 saturated carbocycles. The number of nitrogens with one attached hydrogen (secondary N) is 1. The van der Waals surface area contributed by atoms with Gasteiger partial charge in [-0.3, -0.25) is 0 Å². The van der Waals surface area contributed by atoms with Gasteiger partial charge < -0.3 is 10.4 Å². The molecule has 0 saturated heterocycles. The Morgan fingerprint density at radius 3 is 2.65 bits per heavy atom. The quantitative estimate of drug-likeness (QED) is 0.880. The summed E-state index contributed by atoms with van der Waals surface area (Å²) < 4.78 is 0. The second-order valence-electron chi connectivity index (χ2n) is 7.71. The van der Waals surface area contributed by atoms with E-state index in [1.54, 1.807) is 0 Å². The van der Waals surface area contributed by atoms with Crippen molar-refractivity contribution in [1.29, 1.82) is 0 Å². The second kappa shape index (κ2) is 4.85. The van der Waals surface area contributed by atoms with E-state index in [0.29, 0.717) is 16.9 Å². The van der Waals surface area contributed by atoms with Crippen molar-refractivity contribution in [3.05, 3.63) is 35.4 Å². The highest BCUT2D eigenvalue weighted by Gasteiger charge is 2.58. The molecule has 0 radical (unpaired) electrons. The standard InChI is InChI=1S/C18H27NO/c1-17(2)15-7-8-18(3,10-15)16(17)19-11-13-5-4-6-14(9-13)12-20/h4-6,9,15-16,19-20H,7-8,10-12H2,1-3H3. The summed E-state index contributed by atoms with van der Waals surface area (Å²) in [4.78, 5) is 0. The van der Waals surface area contributed by atoms with Crippen LogP contribution in [0.2, 0.25) is 0 Å². The molecule has 0 spiro atoms. The van der Waals surface area contributed by atoms with Crippen LogP contribution in [0.3, 0.4) is 0 Å². The summed E-state index contributed by atoms with van der Waals surface area (Å²) in [7, 11) is 0. The number of aliphatic hydroxyl groups is 1. The molecular formula is C18H27NO. The molecule has 0 aliphatic heterocycles. The van der Waals surface area contributed by atoms with Crippen LogP contribution >= 0.6 is 0 Å². The maximum atomic E-state index is 9.23. The number of aliphatic hydroxyl groups excluding tert-OH is 1. The van der Waals surface area contributed by atoms with Crippen LogP contribution in [0.5, 0.6) is 0 Å². The third-order valence-electron chi connectivity index (χ3n) is 5.95. The normalized spacial score (nSPS) is 34.6. The smallest absolute Gasteiger partial charge is 0.0681 e. The molecule has 0 amide bonds. The third-order valence-corrected chi connectivity index (χ3v) is 5.95. The number of fused-ring (bicyclic) bond motifs is 2. The van der Waals surface area contributed by atoms with E-state index in [-0.39, 0.29) is 6.61 Å². The summed E-state index contributed by atoms with van der Waals surface area (Å²) in [6, 6.07) is 8.87. The fourth-order valence-corrected chi connectivity index (χ4v) is 4.87. The molecule has 2 aliphatic carbocycles. The van der Waals surface area contributed by atoms with Gasteiger partial charge in [0.15, 0.2) is 0 Å². The summed E-state index contributed by atoms with van der Waals surface area (Å²) in [5.41, 5.74) is 3.16. The highest BCUT2D eigenvalue weighted by atomic mass is 16.3. The molecule has 3 atom stereocenters. The van der Waals surface area contributed by atoms with Gasteiger partial charge in [0.2, 0.25) is 0 Å². The SMILES string of the molecule is CC12CCC(C1)C(C)(C)C2NCc1cccc(CO)c1. The molecule has 0 heterocycles. The van der Waals surface area contributed by atoms with Crippen molar-refractivity contribution in [3.8, 4) is 0 Å². The number of benzene rings is 1. The van der Waals surface area contributed by atoms with E-state index < -0.39 is 0 Å². The minimum atomic E-state index is 0.128. The van der Waals surface area contributed by atoms with Crippen LogP contribution in [-0.2, 0) is 13.2 Å². The summed E-state index contributed by atoms with van der Waals surface area (Å²) in [6.45, 7) is 8.37. The molecule has 2 N–H and O–H groups in total. The third kappa shape index (κ3) is 2.19. The van der Waals surface area contributed by atoms with Gasteiger partial charge in [0, 0.05) is 12.6 Å². The Balaban J connectivity index is 1.71. The van der Waals surface area contributed by atoms with Crippen LogP contribution in [0, 0.1) is 16.7 Å². The van der Waals surface area contributed by atoms with Crippen molar-refractivity contribution in [2.24, 2.45) is 16.7 Å². The minimum absolute atomic E-state index is 0.128. The lowest BCUT2D eigenvalue weighted by molar-refractivity contribution is 0.108. The molecule has 3 unspecified atom stereocenters. The average Bonchev–Trinajstić information content (AvgIpc) is 2.89. The second-order valence-corrected chi connectivity index (χ2v) is 7.71. The summed E-state index contributed by atoms with van der Waals surface area (Å²) in [5, 5.41) is 13.1. The van der Waals surface area contributed by atoms with Crippen molar-refractivity contribution < 1.29 is 5.11 Å². The van der Waals surface area contributed by atoms with E-state index in [2.05, 4.69) is 38.2 Å². The van der Waals surface area contributed by atoms with E-state index in [9.17, 15) is 5.11 Å². The van der Waals surface area contributed by atoms with Crippen molar-refractivity contribution in [2.75, 3.05) is 0 Å².